The van der Waals surface area contributed by atoms with Gasteiger partial charge in [0.2, 0.25) is 0 Å². The van der Waals surface area contributed by atoms with Crippen LogP contribution in [0.15, 0.2) is 18.2 Å². The number of carbonyl (C=O) groups excluding carboxylic acids is 1. The molecule has 0 spiro atoms. The van der Waals surface area contributed by atoms with E-state index in [9.17, 15) is 9.59 Å². The number of anilines is 1. The minimum atomic E-state index is -1.12. The Kier molecular flexibility index (Phi) is 5.07. The highest BCUT2D eigenvalue weighted by atomic mass is 35.5. The van der Waals surface area contributed by atoms with Crippen LogP contribution in [0.4, 0.5) is 10.5 Å². The van der Waals surface area contributed by atoms with Crippen molar-refractivity contribution in [3.05, 3.63) is 28.8 Å². The number of benzene rings is 1. The van der Waals surface area contributed by atoms with E-state index >= 15 is 0 Å². The second-order valence-corrected chi connectivity index (χ2v) is 5.97. The molecule has 0 aromatic heterocycles. The second-order valence-electron chi connectivity index (χ2n) is 5.57. The van der Waals surface area contributed by atoms with Crippen molar-refractivity contribution in [2.75, 3.05) is 5.32 Å². The summed E-state index contributed by atoms with van der Waals surface area (Å²) in [5.41, 5.74) is 0.388. The van der Waals surface area contributed by atoms with Gasteiger partial charge in [0.05, 0.1) is 10.6 Å². The number of urea groups is 1. The third-order valence-corrected chi connectivity index (χ3v) is 4.06. The van der Waals surface area contributed by atoms with Crippen molar-refractivity contribution < 1.29 is 14.7 Å². The zero-order chi connectivity index (χ0) is 15.4. The van der Waals surface area contributed by atoms with Gasteiger partial charge in [0.1, 0.15) is 0 Å². The lowest BCUT2D eigenvalue weighted by Gasteiger charge is -2.27. The molecule has 2 unspecified atom stereocenters. The van der Waals surface area contributed by atoms with E-state index < -0.39 is 5.97 Å². The smallest absolute Gasteiger partial charge is 0.337 e. The molecule has 0 bridgehead atoms. The predicted molar refractivity (Wildman–Crippen MR) is 82.0 cm³/mol. The van der Waals surface area contributed by atoms with Crippen LogP contribution in [0.3, 0.4) is 0 Å². The molecule has 0 aliphatic heterocycles. The number of halogens is 1. The number of hydrogen-bond donors (Lipinski definition) is 3. The van der Waals surface area contributed by atoms with Gasteiger partial charge in [0, 0.05) is 11.7 Å². The Balaban J connectivity index is 1.96. The first-order valence-corrected chi connectivity index (χ1v) is 7.44. The van der Waals surface area contributed by atoms with Crippen LogP contribution < -0.4 is 10.6 Å². The van der Waals surface area contributed by atoms with E-state index in [2.05, 4.69) is 17.6 Å². The van der Waals surface area contributed by atoms with Crippen molar-refractivity contribution in [3.63, 3.8) is 0 Å². The molecule has 0 heterocycles. The fourth-order valence-corrected chi connectivity index (χ4v) is 2.88. The Morgan fingerprint density at radius 1 is 1.33 bits per heavy atom. The molecule has 0 saturated heterocycles. The maximum absolute atomic E-state index is 12.0. The number of carboxylic acids is 1. The molecule has 2 rings (SSSR count). The Hall–Kier alpha value is -1.75. The number of carbonyl (C=O) groups is 2. The Labute approximate surface area is 128 Å². The molecule has 21 heavy (non-hydrogen) atoms. The molecule has 1 aromatic carbocycles. The van der Waals surface area contributed by atoms with Crippen molar-refractivity contribution >= 4 is 29.3 Å². The minimum absolute atomic E-state index is 0.0271. The normalized spacial score (nSPS) is 21.6. The van der Waals surface area contributed by atoms with Gasteiger partial charge in [0.25, 0.3) is 0 Å². The topological polar surface area (TPSA) is 78.4 Å². The summed E-state index contributed by atoms with van der Waals surface area (Å²) < 4.78 is 0. The van der Waals surface area contributed by atoms with Crippen LogP contribution in [0.25, 0.3) is 0 Å². The van der Waals surface area contributed by atoms with Gasteiger partial charge < -0.3 is 15.7 Å². The van der Waals surface area contributed by atoms with Crippen LogP contribution in [0, 0.1) is 5.92 Å². The lowest BCUT2D eigenvalue weighted by molar-refractivity contribution is 0.0697. The van der Waals surface area contributed by atoms with Gasteiger partial charge in [-0.3, -0.25) is 0 Å². The van der Waals surface area contributed by atoms with Crippen LogP contribution in [0.1, 0.15) is 43.0 Å². The average Bonchev–Trinajstić information content (AvgIpc) is 2.40. The molecule has 1 aliphatic carbocycles. The molecule has 114 valence electrons. The second kappa shape index (κ2) is 6.80. The standard InChI is InChI=1S/C15H19ClN2O3/c1-9-3-2-4-10(7-9)17-15(21)18-11-5-6-13(16)12(8-11)14(19)20/h5-6,8-10H,2-4,7H2,1H3,(H,19,20)(H2,17,18,21). The number of amides is 2. The number of nitrogens with one attached hydrogen (secondary N) is 2. The van der Waals surface area contributed by atoms with E-state index in [1.165, 1.54) is 18.6 Å². The van der Waals surface area contributed by atoms with Crippen molar-refractivity contribution in [1.82, 2.24) is 5.32 Å². The number of carboxylic acid groups (broad SMARTS) is 1. The van der Waals surface area contributed by atoms with E-state index in [1.807, 2.05) is 0 Å². The molecule has 1 aliphatic rings. The average molecular weight is 311 g/mol. The molecular formula is C15H19ClN2O3. The summed E-state index contributed by atoms with van der Waals surface area (Å²) in [6, 6.07) is 4.27. The number of hydrogen-bond acceptors (Lipinski definition) is 2. The van der Waals surface area contributed by atoms with Crippen LogP contribution in [-0.4, -0.2) is 23.1 Å². The minimum Gasteiger partial charge on any atom is -0.478 e. The third-order valence-electron chi connectivity index (χ3n) is 3.73. The summed E-state index contributed by atoms with van der Waals surface area (Å²) in [5.74, 6) is -0.497. The quantitative estimate of drug-likeness (QED) is 0.795. The monoisotopic (exact) mass is 310 g/mol. The Morgan fingerprint density at radius 3 is 2.76 bits per heavy atom. The summed E-state index contributed by atoms with van der Waals surface area (Å²) in [6.07, 6.45) is 4.29. The van der Waals surface area contributed by atoms with Gasteiger partial charge in [-0.15, -0.1) is 0 Å². The van der Waals surface area contributed by atoms with Gasteiger partial charge >= 0.3 is 12.0 Å². The first-order chi connectivity index (χ1) is 9.95. The molecule has 2 amide bonds. The van der Waals surface area contributed by atoms with E-state index in [4.69, 9.17) is 16.7 Å². The first kappa shape index (κ1) is 15.6. The van der Waals surface area contributed by atoms with E-state index in [0.717, 1.165) is 19.3 Å². The molecular weight excluding hydrogens is 292 g/mol. The molecule has 1 fully saturated rings. The summed E-state index contributed by atoms with van der Waals surface area (Å²) in [6.45, 7) is 2.18. The largest absolute Gasteiger partial charge is 0.478 e. The van der Waals surface area contributed by atoms with Gasteiger partial charge in [-0.2, -0.15) is 0 Å². The molecule has 2 atom stereocenters. The van der Waals surface area contributed by atoms with Gasteiger partial charge in [-0.05, 0) is 37.0 Å². The molecule has 6 heteroatoms. The van der Waals surface area contributed by atoms with Crippen LogP contribution in [-0.2, 0) is 0 Å². The first-order valence-electron chi connectivity index (χ1n) is 7.06. The fourth-order valence-electron chi connectivity index (χ4n) is 2.68. The van der Waals surface area contributed by atoms with Gasteiger partial charge in [-0.25, -0.2) is 9.59 Å². The molecule has 5 nitrogen and oxygen atoms in total. The SMILES string of the molecule is CC1CCCC(NC(=O)Nc2ccc(Cl)c(C(=O)O)c2)C1. The van der Waals surface area contributed by atoms with Crippen molar-refractivity contribution in [1.29, 1.82) is 0 Å². The van der Waals surface area contributed by atoms with E-state index in [0.29, 0.717) is 11.6 Å². The third kappa shape index (κ3) is 4.36. The summed E-state index contributed by atoms with van der Waals surface area (Å²) in [5, 5.41) is 14.7. The summed E-state index contributed by atoms with van der Waals surface area (Å²) in [4.78, 5) is 23.0. The van der Waals surface area contributed by atoms with E-state index in [1.54, 1.807) is 6.07 Å². The Bertz CT molecular complexity index is 548. The molecule has 0 radical (unpaired) electrons. The highest BCUT2D eigenvalue weighted by Crippen LogP contribution is 2.24. The van der Waals surface area contributed by atoms with Crippen molar-refractivity contribution in [3.8, 4) is 0 Å². The van der Waals surface area contributed by atoms with Crippen LogP contribution in [0.5, 0.6) is 0 Å². The van der Waals surface area contributed by atoms with E-state index in [-0.39, 0.29) is 22.7 Å². The van der Waals surface area contributed by atoms with Gasteiger partial charge in [0.15, 0.2) is 0 Å². The maximum Gasteiger partial charge on any atom is 0.337 e. The zero-order valence-electron chi connectivity index (χ0n) is 11.9. The highest BCUT2D eigenvalue weighted by molar-refractivity contribution is 6.33. The fraction of sp³-hybridized carbons (Fsp3) is 0.467. The van der Waals surface area contributed by atoms with Gasteiger partial charge in [-0.1, -0.05) is 31.4 Å². The molecule has 3 N–H and O–H groups in total. The maximum atomic E-state index is 12.0. The number of aromatic carboxylic acids is 1. The Morgan fingerprint density at radius 2 is 2.10 bits per heavy atom. The van der Waals surface area contributed by atoms with Crippen LogP contribution >= 0.6 is 11.6 Å². The van der Waals surface area contributed by atoms with Crippen LogP contribution in [0.2, 0.25) is 5.02 Å². The lowest BCUT2D eigenvalue weighted by atomic mass is 9.87. The number of rotatable bonds is 3. The predicted octanol–water partition coefficient (Wildman–Crippen LogP) is 3.74. The lowest BCUT2D eigenvalue weighted by Crippen LogP contribution is -2.40. The molecule has 1 saturated carbocycles. The summed E-state index contributed by atoms with van der Waals surface area (Å²) >= 11 is 5.79. The zero-order valence-corrected chi connectivity index (χ0v) is 12.6. The van der Waals surface area contributed by atoms with Crippen molar-refractivity contribution in [2.45, 2.75) is 38.6 Å². The highest BCUT2D eigenvalue weighted by Gasteiger charge is 2.20. The van der Waals surface area contributed by atoms with Crippen molar-refractivity contribution in [2.24, 2.45) is 5.92 Å². The molecule has 1 aromatic rings. The summed E-state index contributed by atoms with van der Waals surface area (Å²) in [7, 11) is 0.